The van der Waals surface area contributed by atoms with E-state index >= 15 is 0 Å². The lowest BCUT2D eigenvalue weighted by Crippen LogP contribution is -2.30. The third-order valence-electron chi connectivity index (χ3n) is 3.46. The van der Waals surface area contributed by atoms with Crippen molar-refractivity contribution in [1.82, 2.24) is 19.7 Å². The second-order valence-corrected chi connectivity index (χ2v) is 5.92. The van der Waals surface area contributed by atoms with Crippen molar-refractivity contribution in [3.8, 4) is 0 Å². The molecule has 0 spiro atoms. The van der Waals surface area contributed by atoms with Gasteiger partial charge >= 0.3 is 0 Å². The number of hydrogen-bond acceptors (Lipinski definition) is 4. The Bertz CT molecular complexity index is 603. The number of aryl methyl sites for hydroxylation is 2. The van der Waals surface area contributed by atoms with Crippen molar-refractivity contribution in [3.63, 3.8) is 0 Å². The van der Waals surface area contributed by atoms with E-state index in [2.05, 4.69) is 10.1 Å². The molecule has 1 unspecified atom stereocenters. The Labute approximate surface area is 115 Å². The van der Waals surface area contributed by atoms with E-state index in [-0.39, 0.29) is 11.9 Å². The first-order valence-electron chi connectivity index (χ1n) is 6.37. The SMILES string of the molecule is Cc1nc(C(=O)N2CCCC2c2cnn(C)c2)cs1. The molecule has 1 atom stereocenters. The Kier molecular flexibility index (Phi) is 3.10. The predicted octanol–water partition coefficient (Wildman–Crippen LogP) is 2.16. The number of nitrogens with zero attached hydrogens (tertiary/aromatic N) is 4. The number of amides is 1. The van der Waals surface area contributed by atoms with Gasteiger partial charge in [-0.15, -0.1) is 11.3 Å². The number of rotatable bonds is 2. The van der Waals surface area contributed by atoms with Crippen LogP contribution in [-0.4, -0.2) is 32.1 Å². The lowest BCUT2D eigenvalue weighted by Gasteiger charge is -2.22. The van der Waals surface area contributed by atoms with Gasteiger partial charge in [0.2, 0.25) is 0 Å². The zero-order chi connectivity index (χ0) is 13.4. The molecule has 0 saturated carbocycles. The van der Waals surface area contributed by atoms with Gasteiger partial charge < -0.3 is 4.90 Å². The van der Waals surface area contributed by atoms with Gasteiger partial charge in [-0.2, -0.15) is 5.10 Å². The second-order valence-electron chi connectivity index (χ2n) is 4.86. The fourth-order valence-corrected chi connectivity index (χ4v) is 3.16. The quantitative estimate of drug-likeness (QED) is 0.844. The molecule has 3 rings (SSSR count). The van der Waals surface area contributed by atoms with Crippen molar-refractivity contribution >= 4 is 17.2 Å². The molecule has 0 aromatic carbocycles. The molecule has 5 nitrogen and oxygen atoms in total. The van der Waals surface area contributed by atoms with Gasteiger partial charge in [0.15, 0.2) is 0 Å². The van der Waals surface area contributed by atoms with Crippen LogP contribution in [0.15, 0.2) is 17.8 Å². The van der Waals surface area contributed by atoms with Crippen molar-refractivity contribution in [2.24, 2.45) is 7.05 Å². The van der Waals surface area contributed by atoms with E-state index in [1.54, 1.807) is 4.68 Å². The van der Waals surface area contributed by atoms with E-state index in [1.807, 2.05) is 36.6 Å². The fraction of sp³-hybridized carbons (Fsp3) is 0.462. The molecule has 1 aliphatic heterocycles. The van der Waals surface area contributed by atoms with Crippen molar-refractivity contribution in [2.45, 2.75) is 25.8 Å². The lowest BCUT2D eigenvalue weighted by molar-refractivity contribution is 0.0730. The van der Waals surface area contributed by atoms with Crippen molar-refractivity contribution in [3.05, 3.63) is 34.0 Å². The molecule has 1 fully saturated rings. The second kappa shape index (κ2) is 4.77. The summed E-state index contributed by atoms with van der Waals surface area (Å²) in [6.07, 6.45) is 5.88. The van der Waals surface area contributed by atoms with Crippen LogP contribution in [0, 0.1) is 6.92 Å². The van der Waals surface area contributed by atoms with Crippen molar-refractivity contribution < 1.29 is 4.79 Å². The summed E-state index contributed by atoms with van der Waals surface area (Å²) in [7, 11) is 1.90. The maximum atomic E-state index is 12.5. The van der Waals surface area contributed by atoms with E-state index in [1.165, 1.54) is 11.3 Å². The average Bonchev–Trinajstić information content (AvgIpc) is 3.07. The van der Waals surface area contributed by atoms with E-state index in [0.29, 0.717) is 5.69 Å². The zero-order valence-electron chi connectivity index (χ0n) is 11.0. The van der Waals surface area contributed by atoms with Crippen LogP contribution in [0.25, 0.3) is 0 Å². The minimum Gasteiger partial charge on any atom is -0.330 e. The molecular formula is C13H16N4OS. The first-order chi connectivity index (χ1) is 9.15. The highest BCUT2D eigenvalue weighted by Crippen LogP contribution is 2.32. The molecule has 19 heavy (non-hydrogen) atoms. The highest BCUT2D eigenvalue weighted by Gasteiger charge is 2.32. The first kappa shape index (κ1) is 12.3. The summed E-state index contributed by atoms with van der Waals surface area (Å²) < 4.78 is 1.78. The molecule has 6 heteroatoms. The molecule has 1 aliphatic rings. The molecule has 1 amide bonds. The van der Waals surface area contributed by atoms with E-state index in [4.69, 9.17) is 0 Å². The summed E-state index contributed by atoms with van der Waals surface area (Å²) in [5, 5.41) is 6.97. The molecule has 0 bridgehead atoms. The Hall–Kier alpha value is -1.69. The highest BCUT2D eigenvalue weighted by atomic mass is 32.1. The zero-order valence-corrected chi connectivity index (χ0v) is 11.9. The smallest absolute Gasteiger partial charge is 0.273 e. The number of hydrogen-bond donors (Lipinski definition) is 0. The standard InChI is InChI=1S/C13H16N4OS/c1-9-15-11(8-19-9)13(18)17-5-3-4-12(17)10-6-14-16(2)7-10/h6-8,12H,3-5H2,1-2H3. The molecule has 0 radical (unpaired) electrons. The minimum absolute atomic E-state index is 0.0377. The minimum atomic E-state index is 0.0377. The monoisotopic (exact) mass is 276 g/mol. The van der Waals surface area contributed by atoms with Gasteiger partial charge in [0, 0.05) is 30.7 Å². The summed E-state index contributed by atoms with van der Waals surface area (Å²) in [5.41, 5.74) is 1.68. The third kappa shape index (κ3) is 2.28. The molecule has 0 aliphatic carbocycles. The first-order valence-corrected chi connectivity index (χ1v) is 7.25. The number of carbonyl (C=O) groups excluding carboxylic acids is 1. The predicted molar refractivity (Wildman–Crippen MR) is 73.1 cm³/mol. The van der Waals surface area contributed by atoms with Gasteiger partial charge in [0.05, 0.1) is 17.2 Å². The van der Waals surface area contributed by atoms with Gasteiger partial charge in [0.1, 0.15) is 5.69 Å². The Balaban J connectivity index is 1.85. The lowest BCUT2D eigenvalue weighted by atomic mass is 10.1. The number of likely N-dealkylation sites (tertiary alicyclic amines) is 1. The van der Waals surface area contributed by atoms with Gasteiger partial charge in [-0.05, 0) is 19.8 Å². The number of aromatic nitrogens is 3. The van der Waals surface area contributed by atoms with Crippen LogP contribution in [0.1, 0.15) is 39.9 Å². The van der Waals surface area contributed by atoms with Crippen LogP contribution >= 0.6 is 11.3 Å². The average molecular weight is 276 g/mol. The number of carbonyl (C=O) groups is 1. The van der Waals surface area contributed by atoms with Crippen molar-refractivity contribution in [1.29, 1.82) is 0 Å². The highest BCUT2D eigenvalue weighted by molar-refractivity contribution is 7.09. The van der Waals surface area contributed by atoms with E-state index in [0.717, 1.165) is 30.0 Å². The van der Waals surface area contributed by atoms with Crippen LogP contribution in [0.3, 0.4) is 0 Å². The normalized spacial score (nSPS) is 19.1. The largest absolute Gasteiger partial charge is 0.330 e. The molecular weight excluding hydrogens is 260 g/mol. The van der Waals surface area contributed by atoms with Crippen LogP contribution in [-0.2, 0) is 7.05 Å². The summed E-state index contributed by atoms with van der Waals surface area (Å²) in [6.45, 7) is 2.72. The van der Waals surface area contributed by atoms with Gasteiger partial charge in [-0.3, -0.25) is 9.48 Å². The van der Waals surface area contributed by atoms with Gasteiger partial charge in [-0.25, -0.2) is 4.98 Å². The summed E-state index contributed by atoms with van der Waals surface area (Å²) in [6, 6.07) is 0.142. The molecule has 0 N–H and O–H groups in total. The summed E-state index contributed by atoms with van der Waals surface area (Å²) in [4.78, 5) is 18.7. The maximum absolute atomic E-state index is 12.5. The van der Waals surface area contributed by atoms with Gasteiger partial charge in [-0.1, -0.05) is 0 Å². The Morgan fingerprint density at radius 2 is 2.37 bits per heavy atom. The summed E-state index contributed by atoms with van der Waals surface area (Å²) in [5.74, 6) is 0.0377. The third-order valence-corrected chi connectivity index (χ3v) is 4.23. The molecule has 1 saturated heterocycles. The molecule has 2 aromatic rings. The van der Waals surface area contributed by atoms with Crippen LogP contribution in [0.4, 0.5) is 0 Å². The van der Waals surface area contributed by atoms with E-state index < -0.39 is 0 Å². The molecule has 3 heterocycles. The van der Waals surface area contributed by atoms with Gasteiger partial charge in [0.25, 0.3) is 5.91 Å². The van der Waals surface area contributed by atoms with Crippen LogP contribution in [0.2, 0.25) is 0 Å². The molecule has 2 aromatic heterocycles. The van der Waals surface area contributed by atoms with E-state index in [9.17, 15) is 4.79 Å². The maximum Gasteiger partial charge on any atom is 0.273 e. The Morgan fingerprint density at radius 1 is 1.53 bits per heavy atom. The topological polar surface area (TPSA) is 51.0 Å². The number of thiazole rings is 1. The van der Waals surface area contributed by atoms with Crippen molar-refractivity contribution in [2.75, 3.05) is 6.54 Å². The Morgan fingerprint density at radius 3 is 3.00 bits per heavy atom. The van der Waals surface area contributed by atoms with Crippen LogP contribution in [0.5, 0.6) is 0 Å². The fourth-order valence-electron chi connectivity index (χ4n) is 2.58. The summed E-state index contributed by atoms with van der Waals surface area (Å²) >= 11 is 1.52. The van der Waals surface area contributed by atoms with Crippen LogP contribution < -0.4 is 0 Å². The molecule has 100 valence electrons.